The summed E-state index contributed by atoms with van der Waals surface area (Å²) in [6, 6.07) is 5.18. The average molecular weight is 361 g/mol. The molecule has 7 heteroatoms. The number of carbonyl (C=O) groups is 2. The third kappa shape index (κ3) is 4.66. The minimum atomic E-state index is -0.463. The van der Waals surface area contributed by atoms with E-state index >= 15 is 0 Å². The number of amides is 2. The fraction of sp³-hybridized carbons (Fsp3) is 0.579. The van der Waals surface area contributed by atoms with Crippen LogP contribution in [0.15, 0.2) is 18.2 Å². The number of benzene rings is 1. The quantitative estimate of drug-likeness (QED) is 0.720. The minimum Gasteiger partial charge on any atom is -0.497 e. The van der Waals surface area contributed by atoms with Crippen LogP contribution in [0.3, 0.4) is 0 Å². The molecule has 2 amide bonds. The third-order valence-electron chi connectivity index (χ3n) is 4.97. The maximum Gasteiger partial charge on any atom is 0.237 e. The summed E-state index contributed by atoms with van der Waals surface area (Å²) in [4.78, 5) is 26.6. The largest absolute Gasteiger partial charge is 0.497 e. The maximum atomic E-state index is 12.4. The Morgan fingerprint density at radius 2 is 2.12 bits per heavy atom. The molecular weight excluding hydrogens is 334 g/mol. The van der Waals surface area contributed by atoms with Gasteiger partial charge in [0.25, 0.3) is 0 Å². The number of rotatable bonds is 8. The number of nitrogens with one attached hydrogen (secondary N) is 2. The summed E-state index contributed by atoms with van der Waals surface area (Å²) in [7, 11) is 3.23. The first-order chi connectivity index (χ1) is 12.6. The Labute approximate surface area is 154 Å². The molecule has 0 aromatic heterocycles. The second kappa shape index (κ2) is 8.40. The van der Waals surface area contributed by atoms with E-state index in [2.05, 4.69) is 10.6 Å². The van der Waals surface area contributed by atoms with E-state index in [1.54, 1.807) is 14.2 Å². The molecule has 0 spiro atoms. The molecule has 1 aromatic carbocycles. The van der Waals surface area contributed by atoms with Gasteiger partial charge in [0.15, 0.2) is 0 Å². The van der Waals surface area contributed by atoms with Crippen molar-refractivity contribution < 1.29 is 19.1 Å². The van der Waals surface area contributed by atoms with E-state index in [0.29, 0.717) is 31.3 Å². The molecule has 2 aliphatic rings. The molecule has 3 rings (SSSR count). The summed E-state index contributed by atoms with van der Waals surface area (Å²) < 4.78 is 10.7. The highest BCUT2D eigenvalue weighted by Crippen LogP contribution is 2.28. The summed E-state index contributed by atoms with van der Waals surface area (Å²) >= 11 is 0. The molecule has 1 aliphatic heterocycles. The number of nitrogens with zero attached hydrogens (tertiary/aromatic N) is 1. The highest BCUT2D eigenvalue weighted by molar-refractivity contribution is 5.88. The van der Waals surface area contributed by atoms with E-state index in [0.717, 1.165) is 17.9 Å². The van der Waals surface area contributed by atoms with E-state index in [4.69, 9.17) is 9.47 Å². The molecule has 1 saturated carbocycles. The molecule has 26 heavy (non-hydrogen) atoms. The van der Waals surface area contributed by atoms with Gasteiger partial charge in [0.05, 0.1) is 26.7 Å². The van der Waals surface area contributed by atoms with Crippen molar-refractivity contribution in [2.24, 2.45) is 5.92 Å². The summed E-state index contributed by atoms with van der Waals surface area (Å²) in [6.07, 6.45) is 2.55. The van der Waals surface area contributed by atoms with E-state index in [1.165, 1.54) is 12.8 Å². The molecule has 7 nitrogen and oxygen atoms in total. The highest BCUT2D eigenvalue weighted by Gasteiger charge is 2.32. The van der Waals surface area contributed by atoms with Crippen molar-refractivity contribution in [3.63, 3.8) is 0 Å². The Balaban J connectivity index is 1.67. The second-order valence-corrected chi connectivity index (χ2v) is 6.91. The predicted molar refractivity (Wildman–Crippen MR) is 97.1 cm³/mol. The first kappa shape index (κ1) is 18.5. The molecule has 1 unspecified atom stereocenters. The molecule has 142 valence electrons. The fourth-order valence-corrected chi connectivity index (χ4v) is 3.20. The van der Waals surface area contributed by atoms with Crippen molar-refractivity contribution >= 4 is 11.8 Å². The number of piperazine rings is 1. The van der Waals surface area contributed by atoms with Gasteiger partial charge in [0.1, 0.15) is 11.5 Å². The summed E-state index contributed by atoms with van der Waals surface area (Å²) in [5.41, 5.74) is 0.964. The van der Waals surface area contributed by atoms with Crippen LogP contribution >= 0.6 is 0 Å². The van der Waals surface area contributed by atoms with Crippen LogP contribution in [-0.4, -0.2) is 56.6 Å². The van der Waals surface area contributed by atoms with Crippen LogP contribution < -0.4 is 20.1 Å². The van der Waals surface area contributed by atoms with Gasteiger partial charge in [-0.15, -0.1) is 0 Å². The second-order valence-electron chi connectivity index (χ2n) is 6.91. The van der Waals surface area contributed by atoms with Crippen LogP contribution in [-0.2, 0) is 16.1 Å². The molecule has 1 aromatic rings. The summed E-state index contributed by atoms with van der Waals surface area (Å²) in [5.74, 6) is 1.90. The lowest BCUT2D eigenvalue weighted by Gasteiger charge is -2.35. The lowest BCUT2D eigenvalue weighted by atomic mass is 10.1. The maximum absolute atomic E-state index is 12.4. The van der Waals surface area contributed by atoms with Gasteiger partial charge in [-0.2, -0.15) is 0 Å². The van der Waals surface area contributed by atoms with Crippen molar-refractivity contribution in [1.82, 2.24) is 15.5 Å². The zero-order valence-corrected chi connectivity index (χ0v) is 15.4. The Kier molecular flexibility index (Phi) is 5.98. The van der Waals surface area contributed by atoms with E-state index < -0.39 is 6.04 Å². The van der Waals surface area contributed by atoms with Gasteiger partial charge >= 0.3 is 0 Å². The Morgan fingerprint density at radius 3 is 2.81 bits per heavy atom. The molecule has 2 fully saturated rings. The van der Waals surface area contributed by atoms with E-state index in [9.17, 15) is 9.59 Å². The molecule has 1 atom stereocenters. The lowest BCUT2D eigenvalue weighted by Crippen LogP contribution is -2.56. The minimum absolute atomic E-state index is 0.0642. The topological polar surface area (TPSA) is 79.9 Å². The molecule has 0 bridgehead atoms. The number of methoxy groups -OCH3 is 2. The fourth-order valence-electron chi connectivity index (χ4n) is 3.20. The van der Waals surface area contributed by atoms with E-state index in [1.807, 2.05) is 23.1 Å². The van der Waals surface area contributed by atoms with Crippen molar-refractivity contribution in [2.75, 3.05) is 33.9 Å². The number of carbonyl (C=O) groups excluding carboxylic acids is 2. The van der Waals surface area contributed by atoms with Crippen molar-refractivity contribution in [3.05, 3.63) is 23.8 Å². The van der Waals surface area contributed by atoms with Gasteiger partial charge in [0.2, 0.25) is 11.8 Å². The number of ether oxygens (including phenoxy) is 2. The normalized spacial score (nSPS) is 20.4. The SMILES string of the molecule is COc1ccc(CN2CCNC(=O)C2CC(=O)NCC2CC2)c(OC)c1. The van der Waals surface area contributed by atoms with Gasteiger partial charge < -0.3 is 20.1 Å². The standard InChI is InChI=1S/C19H27N3O4/c1-25-15-6-5-14(17(9-15)26-2)12-22-8-7-20-19(24)16(22)10-18(23)21-11-13-3-4-13/h5-6,9,13,16H,3-4,7-8,10-12H2,1-2H3,(H,20,24)(H,21,23). The van der Waals surface area contributed by atoms with Gasteiger partial charge in [0, 0.05) is 37.8 Å². The smallest absolute Gasteiger partial charge is 0.237 e. The Morgan fingerprint density at radius 1 is 1.31 bits per heavy atom. The van der Waals surface area contributed by atoms with Crippen LogP contribution in [0, 0.1) is 5.92 Å². The first-order valence-electron chi connectivity index (χ1n) is 9.10. The van der Waals surface area contributed by atoms with E-state index in [-0.39, 0.29) is 18.2 Å². The highest BCUT2D eigenvalue weighted by atomic mass is 16.5. The molecule has 1 aliphatic carbocycles. The Bertz CT molecular complexity index is 660. The zero-order valence-electron chi connectivity index (χ0n) is 15.4. The van der Waals surface area contributed by atoms with Crippen LogP contribution in [0.5, 0.6) is 11.5 Å². The third-order valence-corrected chi connectivity index (χ3v) is 4.97. The van der Waals surface area contributed by atoms with Crippen LogP contribution in [0.2, 0.25) is 0 Å². The van der Waals surface area contributed by atoms with Gasteiger partial charge in [-0.3, -0.25) is 14.5 Å². The molecule has 1 heterocycles. The molecular formula is C19H27N3O4. The van der Waals surface area contributed by atoms with Crippen LogP contribution in [0.1, 0.15) is 24.8 Å². The molecule has 0 radical (unpaired) electrons. The molecule has 1 saturated heterocycles. The van der Waals surface area contributed by atoms with Crippen molar-refractivity contribution in [1.29, 1.82) is 0 Å². The predicted octanol–water partition coefficient (Wildman–Crippen LogP) is 0.921. The number of hydrogen-bond acceptors (Lipinski definition) is 5. The monoisotopic (exact) mass is 361 g/mol. The Hall–Kier alpha value is -2.28. The zero-order chi connectivity index (χ0) is 18.5. The van der Waals surface area contributed by atoms with Gasteiger partial charge in [-0.05, 0) is 24.8 Å². The van der Waals surface area contributed by atoms with Gasteiger partial charge in [-0.25, -0.2) is 0 Å². The van der Waals surface area contributed by atoms with Crippen molar-refractivity contribution in [3.8, 4) is 11.5 Å². The molecule has 2 N–H and O–H groups in total. The van der Waals surface area contributed by atoms with Crippen molar-refractivity contribution in [2.45, 2.75) is 31.8 Å². The summed E-state index contributed by atoms with van der Waals surface area (Å²) in [5, 5.41) is 5.81. The average Bonchev–Trinajstić information content (AvgIpc) is 3.47. The first-order valence-corrected chi connectivity index (χ1v) is 9.10. The van der Waals surface area contributed by atoms with Crippen LogP contribution in [0.4, 0.5) is 0 Å². The lowest BCUT2D eigenvalue weighted by molar-refractivity contribution is -0.134. The number of hydrogen-bond donors (Lipinski definition) is 2. The van der Waals surface area contributed by atoms with Gasteiger partial charge in [-0.1, -0.05) is 6.07 Å². The van der Waals surface area contributed by atoms with Crippen LogP contribution in [0.25, 0.3) is 0 Å². The summed E-state index contributed by atoms with van der Waals surface area (Å²) in [6.45, 7) is 2.54.